The monoisotopic (exact) mass is 224 g/mol. The molecule has 5 nitrogen and oxygen atoms in total. The number of aryl methyl sites for hydroxylation is 1. The summed E-state index contributed by atoms with van der Waals surface area (Å²) < 4.78 is 4.95. The molecular formula is C11H20N4O. The number of piperidine rings is 1. The van der Waals surface area contributed by atoms with Gasteiger partial charge in [0.25, 0.3) is 0 Å². The topological polar surface area (TPSA) is 54.2 Å². The van der Waals surface area contributed by atoms with Crippen LogP contribution < -0.4 is 5.32 Å². The van der Waals surface area contributed by atoms with E-state index in [9.17, 15) is 0 Å². The molecule has 2 heterocycles. The van der Waals surface area contributed by atoms with Crippen LogP contribution in [0, 0.1) is 6.92 Å². The molecule has 0 unspecified atom stereocenters. The summed E-state index contributed by atoms with van der Waals surface area (Å²) in [6, 6.07) is 0.698. The predicted molar refractivity (Wildman–Crippen MR) is 61.3 cm³/mol. The Labute approximate surface area is 96.2 Å². The van der Waals surface area contributed by atoms with Crippen molar-refractivity contribution in [3.05, 3.63) is 11.7 Å². The third-order valence-electron chi connectivity index (χ3n) is 3.22. The van der Waals surface area contributed by atoms with Gasteiger partial charge in [-0.2, -0.15) is 4.98 Å². The minimum Gasteiger partial charge on any atom is -0.340 e. The van der Waals surface area contributed by atoms with Gasteiger partial charge in [0.15, 0.2) is 5.82 Å². The highest BCUT2D eigenvalue weighted by Crippen LogP contribution is 2.10. The third-order valence-corrected chi connectivity index (χ3v) is 3.22. The molecule has 1 saturated heterocycles. The second-order valence-corrected chi connectivity index (χ2v) is 4.38. The normalized spacial score (nSPS) is 19.1. The molecule has 16 heavy (non-hydrogen) atoms. The van der Waals surface area contributed by atoms with Gasteiger partial charge in [0, 0.05) is 25.9 Å². The van der Waals surface area contributed by atoms with Crippen LogP contribution in [0.5, 0.6) is 0 Å². The van der Waals surface area contributed by atoms with Crippen molar-refractivity contribution in [1.29, 1.82) is 0 Å². The quantitative estimate of drug-likeness (QED) is 0.812. The van der Waals surface area contributed by atoms with Crippen molar-refractivity contribution in [1.82, 2.24) is 20.4 Å². The van der Waals surface area contributed by atoms with Gasteiger partial charge in [0.1, 0.15) is 0 Å². The molecule has 1 fully saturated rings. The number of likely N-dealkylation sites (tertiary alicyclic amines) is 1. The van der Waals surface area contributed by atoms with E-state index in [-0.39, 0.29) is 0 Å². The van der Waals surface area contributed by atoms with Crippen molar-refractivity contribution >= 4 is 0 Å². The van der Waals surface area contributed by atoms with Gasteiger partial charge in [0.2, 0.25) is 5.89 Å². The number of nitrogens with zero attached hydrogens (tertiary/aromatic N) is 3. The van der Waals surface area contributed by atoms with Crippen molar-refractivity contribution in [2.45, 2.75) is 32.2 Å². The summed E-state index contributed by atoms with van der Waals surface area (Å²) in [5.74, 6) is 1.48. The average Bonchev–Trinajstić information content (AvgIpc) is 2.73. The lowest BCUT2D eigenvalue weighted by Gasteiger charge is -2.31. The summed E-state index contributed by atoms with van der Waals surface area (Å²) in [6.45, 7) is 5.20. The maximum atomic E-state index is 4.95. The third kappa shape index (κ3) is 3.02. The van der Waals surface area contributed by atoms with Crippen molar-refractivity contribution in [2.75, 3.05) is 26.7 Å². The van der Waals surface area contributed by atoms with Gasteiger partial charge in [-0.25, -0.2) is 0 Å². The van der Waals surface area contributed by atoms with E-state index >= 15 is 0 Å². The van der Waals surface area contributed by atoms with Crippen LogP contribution >= 0.6 is 0 Å². The first kappa shape index (κ1) is 11.5. The van der Waals surface area contributed by atoms with Crippen LogP contribution in [0.1, 0.15) is 24.6 Å². The molecule has 0 saturated carbocycles. The van der Waals surface area contributed by atoms with Gasteiger partial charge in [-0.3, -0.25) is 0 Å². The molecule has 0 aliphatic carbocycles. The fourth-order valence-corrected chi connectivity index (χ4v) is 2.15. The molecule has 1 aliphatic rings. The maximum absolute atomic E-state index is 4.95. The van der Waals surface area contributed by atoms with Crippen LogP contribution in [0.3, 0.4) is 0 Å². The molecule has 1 aromatic heterocycles. The Bertz CT molecular complexity index is 318. The second kappa shape index (κ2) is 5.41. The molecule has 1 aromatic rings. The molecule has 90 valence electrons. The van der Waals surface area contributed by atoms with Crippen molar-refractivity contribution in [3.63, 3.8) is 0 Å². The first-order chi connectivity index (χ1) is 7.78. The first-order valence-electron chi connectivity index (χ1n) is 5.96. The molecule has 0 spiro atoms. The Morgan fingerprint density at radius 2 is 2.19 bits per heavy atom. The van der Waals surface area contributed by atoms with E-state index < -0.39 is 0 Å². The summed E-state index contributed by atoms with van der Waals surface area (Å²) in [5.41, 5.74) is 0. The van der Waals surface area contributed by atoms with Crippen molar-refractivity contribution in [3.8, 4) is 0 Å². The largest absolute Gasteiger partial charge is 0.340 e. The van der Waals surface area contributed by atoms with Gasteiger partial charge in [0.05, 0.1) is 0 Å². The van der Waals surface area contributed by atoms with Crippen molar-refractivity contribution in [2.24, 2.45) is 0 Å². The average molecular weight is 224 g/mol. The zero-order valence-corrected chi connectivity index (χ0v) is 10.1. The lowest BCUT2D eigenvalue weighted by Crippen LogP contribution is -2.41. The van der Waals surface area contributed by atoms with Gasteiger partial charge in [-0.15, -0.1) is 0 Å². The number of nitrogens with one attached hydrogen (secondary N) is 1. The molecule has 0 atom stereocenters. The Balaban J connectivity index is 1.71. The van der Waals surface area contributed by atoms with Crippen LogP contribution in [-0.2, 0) is 6.42 Å². The Morgan fingerprint density at radius 3 is 2.75 bits per heavy atom. The van der Waals surface area contributed by atoms with E-state index in [1.165, 1.54) is 25.9 Å². The molecule has 1 N–H and O–H groups in total. The molecule has 0 radical (unpaired) electrons. The zero-order valence-electron chi connectivity index (χ0n) is 10.1. The lowest BCUT2D eigenvalue weighted by atomic mass is 10.1. The Morgan fingerprint density at radius 1 is 1.44 bits per heavy atom. The van der Waals surface area contributed by atoms with E-state index in [0.717, 1.165) is 18.8 Å². The van der Waals surface area contributed by atoms with Crippen LogP contribution in [0.2, 0.25) is 0 Å². The summed E-state index contributed by atoms with van der Waals surface area (Å²) in [4.78, 5) is 6.68. The number of rotatable bonds is 4. The standard InChI is InChI=1S/C11H20N4O/c1-9-13-11(14-16-9)5-8-15-6-3-10(12-2)4-7-15/h10,12H,3-8H2,1-2H3. The van der Waals surface area contributed by atoms with E-state index in [1.54, 1.807) is 0 Å². The van der Waals surface area contributed by atoms with E-state index in [2.05, 4.69) is 20.4 Å². The molecule has 0 amide bonds. The minimum absolute atomic E-state index is 0.656. The zero-order chi connectivity index (χ0) is 11.4. The molecule has 0 aromatic carbocycles. The van der Waals surface area contributed by atoms with Gasteiger partial charge in [-0.05, 0) is 33.0 Å². The first-order valence-corrected chi connectivity index (χ1v) is 5.96. The summed E-state index contributed by atoms with van der Waals surface area (Å²) in [5, 5.41) is 7.24. The highest BCUT2D eigenvalue weighted by molar-refractivity contribution is 4.86. The number of hydrogen-bond donors (Lipinski definition) is 1. The van der Waals surface area contributed by atoms with Crippen LogP contribution in [-0.4, -0.2) is 47.8 Å². The summed E-state index contributed by atoms with van der Waals surface area (Å²) in [7, 11) is 2.04. The maximum Gasteiger partial charge on any atom is 0.223 e. The second-order valence-electron chi connectivity index (χ2n) is 4.38. The predicted octanol–water partition coefficient (Wildman–Crippen LogP) is 0.604. The van der Waals surface area contributed by atoms with Crippen LogP contribution in [0.4, 0.5) is 0 Å². The van der Waals surface area contributed by atoms with E-state index in [0.29, 0.717) is 11.9 Å². The summed E-state index contributed by atoms with van der Waals surface area (Å²) >= 11 is 0. The van der Waals surface area contributed by atoms with E-state index in [4.69, 9.17) is 4.52 Å². The van der Waals surface area contributed by atoms with Gasteiger partial charge in [-0.1, -0.05) is 5.16 Å². The highest BCUT2D eigenvalue weighted by atomic mass is 16.5. The molecule has 0 bridgehead atoms. The SMILES string of the molecule is CNC1CCN(CCc2noc(C)n2)CC1. The van der Waals surface area contributed by atoms with Crippen LogP contribution in [0.15, 0.2) is 4.52 Å². The molecular weight excluding hydrogens is 204 g/mol. The number of aromatic nitrogens is 2. The van der Waals surface area contributed by atoms with Gasteiger partial charge < -0.3 is 14.7 Å². The lowest BCUT2D eigenvalue weighted by molar-refractivity contribution is 0.202. The van der Waals surface area contributed by atoms with E-state index in [1.807, 2.05) is 14.0 Å². The van der Waals surface area contributed by atoms with Crippen molar-refractivity contribution < 1.29 is 4.52 Å². The minimum atomic E-state index is 0.656. The van der Waals surface area contributed by atoms with Gasteiger partial charge >= 0.3 is 0 Å². The summed E-state index contributed by atoms with van der Waals surface area (Å²) in [6.07, 6.45) is 3.37. The Hall–Kier alpha value is -0.940. The highest BCUT2D eigenvalue weighted by Gasteiger charge is 2.17. The molecule has 1 aliphatic heterocycles. The molecule has 5 heteroatoms. The fourth-order valence-electron chi connectivity index (χ4n) is 2.15. The number of hydrogen-bond acceptors (Lipinski definition) is 5. The smallest absolute Gasteiger partial charge is 0.223 e. The van der Waals surface area contributed by atoms with Crippen LogP contribution in [0.25, 0.3) is 0 Å². The molecule has 2 rings (SSSR count). The fraction of sp³-hybridized carbons (Fsp3) is 0.818. The Kier molecular flexibility index (Phi) is 3.90.